The highest BCUT2D eigenvalue weighted by Gasteiger charge is 2.16. The number of anilines is 1. The molecule has 2 rings (SSSR count). The van der Waals surface area contributed by atoms with Gasteiger partial charge < -0.3 is 16.3 Å². The number of carbonyl (C=O) groups excluding carboxylic acids is 1. The van der Waals surface area contributed by atoms with Crippen molar-refractivity contribution in [3.8, 4) is 0 Å². The van der Waals surface area contributed by atoms with Crippen LogP contribution in [0, 0.1) is 5.92 Å². The lowest BCUT2D eigenvalue weighted by Crippen LogP contribution is -2.17. The first-order chi connectivity index (χ1) is 10.2. The Labute approximate surface area is 125 Å². The van der Waals surface area contributed by atoms with E-state index in [2.05, 4.69) is 10.5 Å². The van der Waals surface area contributed by atoms with E-state index in [9.17, 15) is 4.79 Å². The Balaban J connectivity index is 1.87. The molecule has 1 aromatic rings. The van der Waals surface area contributed by atoms with Crippen LogP contribution in [0.15, 0.2) is 29.4 Å². The highest BCUT2D eigenvalue weighted by molar-refractivity contribution is 5.98. The van der Waals surface area contributed by atoms with Crippen molar-refractivity contribution < 1.29 is 10.0 Å². The summed E-state index contributed by atoms with van der Waals surface area (Å²) < 4.78 is 0. The van der Waals surface area contributed by atoms with Crippen LogP contribution in [-0.2, 0) is 4.79 Å². The van der Waals surface area contributed by atoms with Crippen molar-refractivity contribution in [2.75, 3.05) is 5.32 Å². The van der Waals surface area contributed by atoms with Gasteiger partial charge in [-0.05, 0) is 43.0 Å². The fourth-order valence-electron chi connectivity index (χ4n) is 2.82. The number of nitrogens with zero attached hydrogens (tertiary/aromatic N) is 1. The Hall–Kier alpha value is -2.04. The molecule has 21 heavy (non-hydrogen) atoms. The number of hydrogen-bond donors (Lipinski definition) is 3. The molecule has 0 spiro atoms. The normalized spacial score (nSPS) is 17.2. The standard InChI is InChI=1S/C16H23N3O2/c17-16(19-21)13-7-9-14(10-8-13)18-15(20)11-12-5-3-1-2-4-6-12/h7-10,12,21H,1-6,11H2,(H2,17,19)(H,18,20). The van der Waals surface area contributed by atoms with Crippen LogP contribution in [0.4, 0.5) is 5.69 Å². The summed E-state index contributed by atoms with van der Waals surface area (Å²) in [6, 6.07) is 6.96. The zero-order chi connectivity index (χ0) is 15.1. The largest absolute Gasteiger partial charge is 0.409 e. The lowest BCUT2D eigenvalue weighted by atomic mass is 9.96. The first-order valence-corrected chi connectivity index (χ1v) is 7.57. The van der Waals surface area contributed by atoms with Crippen LogP contribution < -0.4 is 11.1 Å². The summed E-state index contributed by atoms with van der Waals surface area (Å²) in [5.74, 6) is 0.647. The van der Waals surface area contributed by atoms with Crippen LogP contribution in [0.1, 0.15) is 50.5 Å². The average Bonchev–Trinajstić information content (AvgIpc) is 2.75. The molecule has 4 N–H and O–H groups in total. The maximum Gasteiger partial charge on any atom is 0.224 e. The average molecular weight is 289 g/mol. The summed E-state index contributed by atoms with van der Waals surface area (Å²) in [4.78, 5) is 12.1. The summed E-state index contributed by atoms with van der Waals surface area (Å²) in [6.45, 7) is 0. The molecule has 1 fully saturated rings. The second-order valence-electron chi connectivity index (χ2n) is 5.67. The molecule has 1 aliphatic carbocycles. The molecule has 0 radical (unpaired) electrons. The monoisotopic (exact) mass is 289 g/mol. The van der Waals surface area contributed by atoms with Gasteiger partial charge in [-0.15, -0.1) is 0 Å². The molecule has 0 aromatic heterocycles. The third-order valence-electron chi connectivity index (χ3n) is 4.02. The van der Waals surface area contributed by atoms with Gasteiger partial charge in [-0.2, -0.15) is 0 Å². The van der Waals surface area contributed by atoms with Crippen molar-refractivity contribution in [3.63, 3.8) is 0 Å². The minimum absolute atomic E-state index is 0.0614. The Morgan fingerprint density at radius 1 is 1.19 bits per heavy atom. The first-order valence-electron chi connectivity index (χ1n) is 7.57. The summed E-state index contributed by atoms with van der Waals surface area (Å²) in [7, 11) is 0. The van der Waals surface area contributed by atoms with E-state index in [0.29, 0.717) is 17.9 Å². The third kappa shape index (κ3) is 4.77. The fraction of sp³-hybridized carbons (Fsp3) is 0.500. The van der Waals surface area contributed by atoms with Crippen LogP contribution >= 0.6 is 0 Å². The van der Waals surface area contributed by atoms with Crippen LogP contribution in [0.3, 0.4) is 0 Å². The van der Waals surface area contributed by atoms with Gasteiger partial charge in [-0.3, -0.25) is 4.79 Å². The summed E-state index contributed by atoms with van der Waals surface area (Å²) in [5.41, 5.74) is 6.86. The van der Waals surface area contributed by atoms with Crippen molar-refractivity contribution in [1.29, 1.82) is 0 Å². The number of amides is 1. The van der Waals surface area contributed by atoms with Gasteiger partial charge in [-0.25, -0.2) is 0 Å². The Morgan fingerprint density at radius 2 is 1.81 bits per heavy atom. The highest BCUT2D eigenvalue weighted by Crippen LogP contribution is 2.25. The minimum Gasteiger partial charge on any atom is -0.409 e. The van der Waals surface area contributed by atoms with Gasteiger partial charge in [0.2, 0.25) is 5.91 Å². The van der Waals surface area contributed by atoms with E-state index in [-0.39, 0.29) is 11.7 Å². The second kappa shape index (κ2) is 7.67. The van der Waals surface area contributed by atoms with E-state index in [0.717, 1.165) is 18.5 Å². The first kappa shape index (κ1) is 15.4. The van der Waals surface area contributed by atoms with Gasteiger partial charge in [0, 0.05) is 17.7 Å². The molecule has 0 unspecified atom stereocenters. The zero-order valence-electron chi connectivity index (χ0n) is 12.2. The summed E-state index contributed by atoms with van der Waals surface area (Å²) in [5, 5.41) is 14.5. The molecule has 0 heterocycles. The van der Waals surface area contributed by atoms with Gasteiger partial charge in [-0.1, -0.05) is 30.8 Å². The van der Waals surface area contributed by atoms with E-state index < -0.39 is 0 Å². The zero-order valence-corrected chi connectivity index (χ0v) is 12.2. The smallest absolute Gasteiger partial charge is 0.224 e. The third-order valence-corrected chi connectivity index (χ3v) is 4.02. The molecule has 0 atom stereocenters. The quantitative estimate of drug-likeness (QED) is 0.262. The predicted molar refractivity (Wildman–Crippen MR) is 83.4 cm³/mol. The number of nitrogens with two attached hydrogens (primary N) is 1. The Kier molecular flexibility index (Phi) is 5.60. The van der Waals surface area contributed by atoms with Gasteiger partial charge in [0.15, 0.2) is 5.84 Å². The van der Waals surface area contributed by atoms with Gasteiger partial charge in [0.25, 0.3) is 0 Å². The fourth-order valence-corrected chi connectivity index (χ4v) is 2.82. The number of rotatable bonds is 4. The number of benzene rings is 1. The SMILES string of the molecule is N/C(=N/O)c1ccc(NC(=O)CC2CCCCCC2)cc1. The molecule has 1 amide bonds. The summed E-state index contributed by atoms with van der Waals surface area (Å²) in [6.07, 6.45) is 8.01. The van der Waals surface area contributed by atoms with Crippen LogP contribution in [-0.4, -0.2) is 17.0 Å². The van der Waals surface area contributed by atoms with Crippen LogP contribution in [0.2, 0.25) is 0 Å². The Morgan fingerprint density at radius 3 is 2.38 bits per heavy atom. The van der Waals surface area contributed by atoms with E-state index in [1.807, 2.05) is 0 Å². The molecule has 1 aliphatic rings. The molecule has 0 saturated heterocycles. The minimum atomic E-state index is 0.0614. The molecule has 1 aromatic carbocycles. The number of carbonyl (C=O) groups is 1. The number of hydrogen-bond acceptors (Lipinski definition) is 3. The molecule has 0 aliphatic heterocycles. The van der Waals surface area contributed by atoms with Crippen molar-refractivity contribution in [3.05, 3.63) is 29.8 Å². The summed E-state index contributed by atoms with van der Waals surface area (Å²) >= 11 is 0. The topological polar surface area (TPSA) is 87.7 Å². The molecule has 0 bridgehead atoms. The Bertz CT molecular complexity index is 489. The lowest BCUT2D eigenvalue weighted by molar-refractivity contribution is -0.117. The molecule has 114 valence electrons. The molecule has 5 heteroatoms. The maximum absolute atomic E-state index is 12.1. The molecule has 5 nitrogen and oxygen atoms in total. The number of nitrogens with one attached hydrogen (secondary N) is 1. The van der Waals surface area contributed by atoms with Crippen molar-refractivity contribution in [2.24, 2.45) is 16.8 Å². The van der Waals surface area contributed by atoms with Crippen molar-refractivity contribution >= 4 is 17.4 Å². The van der Waals surface area contributed by atoms with E-state index >= 15 is 0 Å². The molecular weight excluding hydrogens is 266 g/mol. The number of oxime groups is 1. The van der Waals surface area contributed by atoms with Crippen molar-refractivity contribution in [1.82, 2.24) is 0 Å². The van der Waals surface area contributed by atoms with Gasteiger partial charge in [0.1, 0.15) is 0 Å². The molecular formula is C16H23N3O2. The van der Waals surface area contributed by atoms with Gasteiger partial charge >= 0.3 is 0 Å². The lowest BCUT2D eigenvalue weighted by Gasteiger charge is -2.13. The highest BCUT2D eigenvalue weighted by atomic mass is 16.4. The van der Waals surface area contributed by atoms with Crippen LogP contribution in [0.25, 0.3) is 0 Å². The predicted octanol–water partition coefficient (Wildman–Crippen LogP) is 3.08. The molecule has 1 saturated carbocycles. The number of amidine groups is 1. The van der Waals surface area contributed by atoms with Crippen LogP contribution in [0.5, 0.6) is 0 Å². The second-order valence-corrected chi connectivity index (χ2v) is 5.67. The van der Waals surface area contributed by atoms with E-state index in [1.165, 1.54) is 25.7 Å². The maximum atomic E-state index is 12.1. The van der Waals surface area contributed by atoms with Gasteiger partial charge in [0.05, 0.1) is 0 Å². The van der Waals surface area contributed by atoms with E-state index in [1.54, 1.807) is 24.3 Å². The van der Waals surface area contributed by atoms with E-state index in [4.69, 9.17) is 10.9 Å². The van der Waals surface area contributed by atoms with Crippen molar-refractivity contribution in [2.45, 2.75) is 44.9 Å².